The van der Waals surface area contributed by atoms with Crippen molar-refractivity contribution in [3.05, 3.63) is 206 Å². The van der Waals surface area contributed by atoms with E-state index in [4.69, 9.17) is 14.4 Å². The van der Waals surface area contributed by atoms with E-state index in [1.807, 2.05) is 24.3 Å². The highest BCUT2D eigenvalue weighted by molar-refractivity contribution is 6.07. The van der Waals surface area contributed by atoms with Crippen LogP contribution >= 0.6 is 0 Å². The van der Waals surface area contributed by atoms with Gasteiger partial charge in [0.05, 0.1) is 11.4 Å². The smallest absolute Gasteiger partial charge is 0.160 e. The second-order valence-electron chi connectivity index (χ2n) is 13.8. The zero-order chi connectivity index (χ0) is 36.6. The maximum absolute atomic E-state index is 6.27. The maximum Gasteiger partial charge on any atom is 0.160 e. The van der Waals surface area contributed by atoms with E-state index < -0.39 is 0 Å². The molecule has 0 saturated heterocycles. The van der Waals surface area contributed by atoms with E-state index in [2.05, 4.69) is 182 Å². The third-order valence-corrected chi connectivity index (χ3v) is 10.3. The first-order chi connectivity index (χ1) is 27.2. The largest absolute Gasteiger partial charge is 0.456 e. The fraction of sp³-hybridized carbons (Fsp3) is 0. The molecule has 8 aromatic carbocycles. The van der Waals surface area contributed by atoms with Crippen molar-refractivity contribution in [3.8, 4) is 78.4 Å². The van der Waals surface area contributed by atoms with E-state index in [1.165, 1.54) is 5.56 Å². The quantitative estimate of drug-likeness (QED) is 0.166. The van der Waals surface area contributed by atoms with Gasteiger partial charge < -0.3 is 4.42 Å². The van der Waals surface area contributed by atoms with Crippen LogP contribution in [0.5, 0.6) is 0 Å². The molecule has 0 unspecified atom stereocenters. The van der Waals surface area contributed by atoms with E-state index in [0.29, 0.717) is 5.82 Å². The molecule has 10 rings (SSSR count). The van der Waals surface area contributed by atoms with Gasteiger partial charge in [-0.2, -0.15) is 0 Å². The highest BCUT2D eigenvalue weighted by Gasteiger charge is 2.21. The lowest BCUT2D eigenvalue weighted by molar-refractivity contribution is 0.669. The normalized spacial score (nSPS) is 11.3. The Hall–Kier alpha value is -7.36. The number of nitrogens with zero attached hydrogens (tertiary/aromatic N) is 2. The highest BCUT2D eigenvalue weighted by atomic mass is 16.3. The molecule has 0 aliphatic carbocycles. The Morgan fingerprint density at radius 2 is 0.782 bits per heavy atom. The molecule has 3 nitrogen and oxygen atoms in total. The fourth-order valence-corrected chi connectivity index (χ4v) is 7.59. The van der Waals surface area contributed by atoms with E-state index in [9.17, 15) is 0 Å². The van der Waals surface area contributed by atoms with Gasteiger partial charge in [-0.15, -0.1) is 0 Å². The standard InChI is InChI=1S/C52H34N2O/c1-5-15-35(16-6-1)37-25-27-40(28-26-37)52-53-47(38-19-9-3-10-20-38)34-48(54-52)46-33-42(36-17-7-2-8-18-36)32-44(51(46)39-21-11-4-12-22-39)41-29-30-50-45(31-41)43-23-13-14-24-49(43)55-50/h1-34H. The molecular weight excluding hydrogens is 669 g/mol. The lowest BCUT2D eigenvalue weighted by atomic mass is 9.85. The average molecular weight is 703 g/mol. The van der Waals surface area contributed by atoms with E-state index in [-0.39, 0.29) is 0 Å². The number of hydrogen-bond donors (Lipinski definition) is 0. The molecule has 2 aromatic heterocycles. The van der Waals surface area contributed by atoms with Gasteiger partial charge in [0.25, 0.3) is 0 Å². The van der Waals surface area contributed by atoms with Crippen molar-refractivity contribution < 1.29 is 4.42 Å². The van der Waals surface area contributed by atoms with Gasteiger partial charge in [-0.05, 0) is 80.9 Å². The molecule has 2 heterocycles. The van der Waals surface area contributed by atoms with Crippen LogP contribution in [0.3, 0.4) is 0 Å². The van der Waals surface area contributed by atoms with Gasteiger partial charge in [0.1, 0.15) is 11.2 Å². The number of furan rings is 1. The summed E-state index contributed by atoms with van der Waals surface area (Å²) in [6, 6.07) is 72.3. The SMILES string of the molecule is c1ccc(-c2ccc(-c3nc(-c4ccccc4)cc(-c4cc(-c5ccccc5)cc(-c5ccc6oc7ccccc7c6c5)c4-c4ccccc4)n3)cc2)cc1. The van der Waals surface area contributed by atoms with Crippen LogP contribution in [0.15, 0.2) is 211 Å². The molecule has 0 atom stereocenters. The molecule has 0 aliphatic rings. The number of aromatic nitrogens is 2. The molecule has 0 bridgehead atoms. The Kier molecular flexibility index (Phi) is 8.16. The monoisotopic (exact) mass is 702 g/mol. The van der Waals surface area contributed by atoms with E-state index in [0.717, 1.165) is 89.0 Å². The van der Waals surface area contributed by atoms with Crippen LogP contribution in [-0.2, 0) is 0 Å². The minimum absolute atomic E-state index is 0.674. The van der Waals surface area contributed by atoms with Crippen LogP contribution in [0.1, 0.15) is 0 Å². The van der Waals surface area contributed by atoms with Crippen LogP contribution in [0.4, 0.5) is 0 Å². The second-order valence-corrected chi connectivity index (χ2v) is 13.8. The highest BCUT2D eigenvalue weighted by Crippen LogP contribution is 2.45. The van der Waals surface area contributed by atoms with Crippen LogP contribution in [-0.4, -0.2) is 9.97 Å². The molecular formula is C52H34N2O. The first kappa shape index (κ1) is 32.3. The summed E-state index contributed by atoms with van der Waals surface area (Å²) in [4.78, 5) is 10.6. The maximum atomic E-state index is 6.27. The second kappa shape index (κ2) is 13.9. The molecule has 3 heteroatoms. The predicted octanol–water partition coefficient (Wildman–Crippen LogP) is 14.0. The number of para-hydroxylation sites is 1. The number of benzene rings is 8. The summed E-state index contributed by atoms with van der Waals surface area (Å²) in [5.41, 5.74) is 15.5. The summed E-state index contributed by atoms with van der Waals surface area (Å²) in [5.74, 6) is 0.674. The van der Waals surface area contributed by atoms with Crippen molar-refractivity contribution in [1.29, 1.82) is 0 Å². The lowest BCUT2D eigenvalue weighted by Crippen LogP contribution is -1.99. The van der Waals surface area contributed by atoms with Crippen molar-refractivity contribution in [2.24, 2.45) is 0 Å². The minimum Gasteiger partial charge on any atom is -0.456 e. The molecule has 0 amide bonds. The molecule has 0 aliphatic heterocycles. The van der Waals surface area contributed by atoms with E-state index >= 15 is 0 Å². The third-order valence-electron chi connectivity index (χ3n) is 10.3. The van der Waals surface area contributed by atoms with Crippen LogP contribution in [0.25, 0.3) is 100 Å². The summed E-state index contributed by atoms with van der Waals surface area (Å²) in [6.07, 6.45) is 0. The molecule has 0 fully saturated rings. The number of hydrogen-bond acceptors (Lipinski definition) is 3. The first-order valence-corrected chi connectivity index (χ1v) is 18.6. The molecule has 0 spiro atoms. The first-order valence-electron chi connectivity index (χ1n) is 18.6. The summed E-state index contributed by atoms with van der Waals surface area (Å²) in [7, 11) is 0. The fourth-order valence-electron chi connectivity index (χ4n) is 7.59. The lowest BCUT2D eigenvalue weighted by Gasteiger charge is -2.19. The van der Waals surface area contributed by atoms with Crippen molar-refractivity contribution in [2.75, 3.05) is 0 Å². The van der Waals surface area contributed by atoms with Gasteiger partial charge in [-0.25, -0.2) is 9.97 Å². The molecule has 0 radical (unpaired) electrons. The van der Waals surface area contributed by atoms with Crippen LogP contribution in [0.2, 0.25) is 0 Å². The topological polar surface area (TPSA) is 38.9 Å². The summed E-state index contributed by atoms with van der Waals surface area (Å²) in [5, 5.41) is 2.19. The number of rotatable bonds is 7. The van der Waals surface area contributed by atoms with Gasteiger partial charge in [-0.1, -0.05) is 170 Å². The minimum atomic E-state index is 0.674. The molecule has 0 saturated carbocycles. The van der Waals surface area contributed by atoms with Gasteiger partial charge in [0, 0.05) is 27.5 Å². The predicted molar refractivity (Wildman–Crippen MR) is 227 cm³/mol. The summed E-state index contributed by atoms with van der Waals surface area (Å²) in [6.45, 7) is 0. The Morgan fingerprint density at radius 3 is 1.47 bits per heavy atom. The van der Waals surface area contributed by atoms with Crippen LogP contribution < -0.4 is 0 Å². The zero-order valence-corrected chi connectivity index (χ0v) is 29.9. The zero-order valence-electron chi connectivity index (χ0n) is 29.9. The van der Waals surface area contributed by atoms with Crippen LogP contribution in [0, 0.1) is 0 Å². The Morgan fingerprint density at radius 1 is 0.291 bits per heavy atom. The van der Waals surface area contributed by atoms with Gasteiger partial charge >= 0.3 is 0 Å². The summed E-state index contributed by atoms with van der Waals surface area (Å²) < 4.78 is 6.27. The summed E-state index contributed by atoms with van der Waals surface area (Å²) >= 11 is 0. The Balaban J connectivity index is 1.25. The van der Waals surface area contributed by atoms with Crippen molar-refractivity contribution in [1.82, 2.24) is 9.97 Å². The van der Waals surface area contributed by atoms with Crippen molar-refractivity contribution in [3.63, 3.8) is 0 Å². The van der Waals surface area contributed by atoms with Crippen molar-refractivity contribution >= 4 is 21.9 Å². The average Bonchev–Trinajstić information content (AvgIpc) is 3.65. The van der Waals surface area contributed by atoms with Gasteiger partial charge in [0.15, 0.2) is 5.82 Å². The Labute approximate surface area is 319 Å². The third kappa shape index (κ3) is 6.18. The molecule has 258 valence electrons. The van der Waals surface area contributed by atoms with Gasteiger partial charge in [-0.3, -0.25) is 0 Å². The number of fused-ring (bicyclic) bond motifs is 3. The van der Waals surface area contributed by atoms with E-state index in [1.54, 1.807) is 0 Å². The molecule has 0 N–H and O–H groups in total. The molecule has 55 heavy (non-hydrogen) atoms. The van der Waals surface area contributed by atoms with Gasteiger partial charge in [0.2, 0.25) is 0 Å². The molecule has 10 aromatic rings. The van der Waals surface area contributed by atoms with Crippen molar-refractivity contribution in [2.45, 2.75) is 0 Å². The Bertz CT molecular complexity index is 2940.